The van der Waals surface area contributed by atoms with E-state index in [1.807, 2.05) is 11.4 Å². The van der Waals surface area contributed by atoms with E-state index in [2.05, 4.69) is 10.3 Å². The minimum Gasteiger partial charge on any atom is -0.438 e. The van der Waals surface area contributed by atoms with Crippen LogP contribution in [0.5, 0.6) is 0 Å². The number of hydrogen-bond donors (Lipinski definition) is 2. The van der Waals surface area contributed by atoms with Crippen LogP contribution in [0.1, 0.15) is 60.3 Å². The smallest absolute Gasteiger partial charge is 0.410 e. The maximum absolute atomic E-state index is 14.0. The number of nitrogens with zero attached hydrogens (tertiary/aromatic N) is 3. The number of nitrogens with one attached hydrogen (secondary N) is 2. The topological polar surface area (TPSA) is 120 Å². The molecule has 44 heavy (non-hydrogen) atoms. The Morgan fingerprint density at radius 1 is 1.25 bits per heavy atom. The van der Waals surface area contributed by atoms with E-state index in [9.17, 15) is 31.5 Å². The molecule has 3 amide bonds. The monoisotopic (exact) mass is 619 g/mol. The Hall–Kier alpha value is -4.25. The first-order chi connectivity index (χ1) is 20.9. The van der Waals surface area contributed by atoms with Gasteiger partial charge >= 0.3 is 12.2 Å². The molecule has 9 nitrogen and oxygen atoms in total. The molecule has 3 atom stereocenters. The van der Waals surface area contributed by atoms with Crippen molar-refractivity contribution in [1.82, 2.24) is 20.5 Å². The molecular formula is C30H30F5N5O4. The summed E-state index contributed by atoms with van der Waals surface area (Å²) in [5, 5.41) is 14.0. The number of aromatic nitrogens is 1. The van der Waals surface area contributed by atoms with Gasteiger partial charge in [0.1, 0.15) is 17.6 Å². The maximum Gasteiger partial charge on any atom is 0.410 e. The molecule has 0 unspecified atom stereocenters. The molecule has 2 aromatic carbocycles. The van der Waals surface area contributed by atoms with E-state index in [0.29, 0.717) is 27.8 Å². The normalized spacial score (nSPS) is 20.2. The van der Waals surface area contributed by atoms with Crippen LogP contribution in [0.15, 0.2) is 46.9 Å². The molecule has 5 rings (SSSR count). The van der Waals surface area contributed by atoms with E-state index in [4.69, 9.17) is 14.4 Å². The summed E-state index contributed by atoms with van der Waals surface area (Å²) in [7, 11) is 1.37. The van der Waals surface area contributed by atoms with Gasteiger partial charge in [-0.05, 0) is 54.2 Å². The Bertz CT molecular complexity index is 1560. The van der Waals surface area contributed by atoms with Gasteiger partial charge in [-0.1, -0.05) is 18.2 Å². The predicted molar refractivity (Wildman–Crippen MR) is 146 cm³/mol. The number of oxazole rings is 1. The van der Waals surface area contributed by atoms with Crippen molar-refractivity contribution >= 4 is 23.0 Å². The third-order valence-corrected chi connectivity index (χ3v) is 8.08. The van der Waals surface area contributed by atoms with E-state index in [-0.39, 0.29) is 44.6 Å². The fourth-order valence-corrected chi connectivity index (χ4v) is 5.78. The lowest BCUT2D eigenvalue weighted by Crippen LogP contribution is -2.40. The maximum atomic E-state index is 14.0. The molecule has 3 aromatic rings. The van der Waals surface area contributed by atoms with Crippen molar-refractivity contribution in [1.29, 1.82) is 5.26 Å². The first kappa shape index (κ1) is 31.2. The molecule has 234 valence electrons. The number of methoxy groups -OCH3 is 1. The molecule has 2 N–H and O–H groups in total. The van der Waals surface area contributed by atoms with Gasteiger partial charge in [0.15, 0.2) is 5.58 Å². The first-order valence-electron chi connectivity index (χ1n) is 14.1. The highest BCUT2D eigenvalue weighted by Crippen LogP contribution is 2.42. The van der Waals surface area contributed by atoms with Crippen LogP contribution in [0, 0.1) is 17.2 Å². The van der Waals surface area contributed by atoms with Crippen LogP contribution in [0.3, 0.4) is 0 Å². The average molecular weight is 620 g/mol. The Kier molecular flexibility index (Phi) is 8.78. The number of amides is 3. The number of halogens is 5. The third-order valence-electron chi connectivity index (χ3n) is 8.08. The highest BCUT2D eigenvalue weighted by molar-refractivity contribution is 5.80. The van der Waals surface area contributed by atoms with Crippen molar-refractivity contribution in [2.75, 3.05) is 20.3 Å². The van der Waals surface area contributed by atoms with Crippen molar-refractivity contribution in [2.45, 2.75) is 62.3 Å². The number of rotatable bonds is 9. The van der Waals surface area contributed by atoms with Crippen molar-refractivity contribution in [3.8, 4) is 6.07 Å². The summed E-state index contributed by atoms with van der Waals surface area (Å²) in [5.74, 6) is -3.51. The highest BCUT2D eigenvalue weighted by atomic mass is 19.4. The summed E-state index contributed by atoms with van der Waals surface area (Å²) < 4.78 is 79.2. The molecule has 1 aliphatic heterocycles. The van der Waals surface area contributed by atoms with E-state index >= 15 is 0 Å². The van der Waals surface area contributed by atoms with Crippen LogP contribution in [-0.2, 0) is 16.0 Å². The lowest BCUT2D eigenvalue weighted by Gasteiger charge is -2.32. The summed E-state index contributed by atoms with van der Waals surface area (Å²) in [5.41, 5.74) is 2.06. The van der Waals surface area contributed by atoms with Crippen LogP contribution in [0.25, 0.3) is 11.1 Å². The Morgan fingerprint density at radius 2 is 2.00 bits per heavy atom. The molecule has 14 heteroatoms. The molecule has 2 aliphatic rings. The fraction of sp³-hybridized carbons (Fsp3) is 0.467. The van der Waals surface area contributed by atoms with Gasteiger partial charge in [0.2, 0.25) is 17.7 Å². The number of carbonyl (C=O) groups excluding carboxylic acids is 2. The number of carbonyl (C=O) groups is 2. The second-order valence-corrected chi connectivity index (χ2v) is 11.2. The fourth-order valence-electron chi connectivity index (χ4n) is 5.78. The predicted octanol–water partition coefficient (Wildman–Crippen LogP) is 5.57. The molecule has 1 aliphatic carbocycles. The lowest BCUT2D eigenvalue weighted by molar-refractivity contribution is -0.150. The van der Waals surface area contributed by atoms with E-state index in [1.54, 1.807) is 42.5 Å². The average Bonchev–Trinajstić information content (AvgIpc) is 3.58. The quantitative estimate of drug-likeness (QED) is 0.302. The standard InChI is InChI=1S/C30H30F5N5O4/c1-43-16-22(40-15-24(30(33,34)35)38-28(40)42)20-5-6-23-21(13-20)37-27(44-23)26(19-7-9-29(31,32)10-8-19)39-25(41)12-17-3-2-4-18(11-17)14-36/h2-6,11,13,19,22,24,26H,7-10,12,15-16H2,1H3,(H,38,42)(H,39,41)/t22-,24+,26+/m1/s1. The van der Waals surface area contributed by atoms with Crippen molar-refractivity contribution < 1.29 is 40.7 Å². The van der Waals surface area contributed by atoms with Gasteiger partial charge < -0.3 is 24.7 Å². The highest BCUT2D eigenvalue weighted by Gasteiger charge is 2.48. The minimum atomic E-state index is -4.62. The number of ether oxygens (including phenoxy) is 1. The van der Waals surface area contributed by atoms with Crippen molar-refractivity contribution in [2.24, 2.45) is 5.92 Å². The molecule has 0 bridgehead atoms. The largest absolute Gasteiger partial charge is 0.438 e. The molecule has 1 aromatic heterocycles. The van der Waals surface area contributed by atoms with Crippen LogP contribution < -0.4 is 10.6 Å². The molecule has 0 spiro atoms. The molecule has 2 heterocycles. The van der Waals surface area contributed by atoms with Gasteiger partial charge in [-0.3, -0.25) is 4.79 Å². The first-order valence-corrected chi connectivity index (χ1v) is 14.1. The molecule has 1 saturated carbocycles. The lowest BCUT2D eigenvalue weighted by atomic mass is 9.82. The number of hydrogen-bond acceptors (Lipinski definition) is 6. The molecular weight excluding hydrogens is 589 g/mol. The van der Waals surface area contributed by atoms with Gasteiger partial charge in [-0.2, -0.15) is 18.4 Å². The minimum absolute atomic E-state index is 0.0607. The number of benzene rings is 2. The Morgan fingerprint density at radius 3 is 2.66 bits per heavy atom. The van der Waals surface area contributed by atoms with Crippen LogP contribution in [0.2, 0.25) is 0 Å². The number of alkyl halides is 5. The van der Waals surface area contributed by atoms with E-state index in [0.717, 1.165) is 4.90 Å². The summed E-state index contributed by atoms with van der Waals surface area (Å²) >= 11 is 0. The summed E-state index contributed by atoms with van der Waals surface area (Å²) in [4.78, 5) is 31.2. The summed E-state index contributed by atoms with van der Waals surface area (Å²) in [6.45, 7) is -0.688. The van der Waals surface area contributed by atoms with E-state index in [1.165, 1.54) is 7.11 Å². The van der Waals surface area contributed by atoms with Crippen LogP contribution in [0.4, 0.5) is 26.7 Å². The van der Waals surface area contributed by atoms with Crippen molar-refractivity contribution in [3.05, 3.63) is 65.0 Å². The van der Waals surface area contributed by atoms with Crippen LogP contribution in [-0.4, -0.2) is 60.2 Å². The molecule has 1 saturated heterocycles. The van der Waals surface area contributed by atoms with Gasteiger partial charge in [-0.15, -0.1) is 0 Å². The third kappa shape index (κ3) is 6.93. The van der Waals surface area contributed by atoms with Crippen molar-refractivity contribution in [3.63, 3.8) is 0 Å². The SMILES string of the molecule is COC[C@H](c1ccc2oc([C@@H](NC(=O)Cc3cccc(C#N)c3)C3CCC(F)(F)CC3)nc2c1)N1C[C@@H](C(F)(F)F)NC1=O. The summed E-state index contributed by atoms with van der Waals surface area (Å²) in [6, 6.07) is 8.69. The second kappa shape index (κ2) is 12.4. The number of fused-ring (bicyclic) bond motifs is 1. The zero-order valence-electron chi connectivity index (χ0n) is 23.7. The van der Waals surface area contributed by atoms with Crippen LogP contribution >= 0.6 is 0 Å². The van der Waals surface area contributed by atoms with Gasteiger partial charge in [0.25, 0.3) is 0 Å². The zero-order valence-corrected chi connectivity index (χ0v) is 23.7. The van der Waals surface area contributed by atoms with E-state index < -0.39 is 54.6 Å². The summed E-state index contributed by atoms with van der Waals surface area (Å²) in [6.07, 6.45) is -5.15. The molecule has 2 fully saturated rings. The number of urea groups is 1. The van der Waals surface area contributed by atoms with Gasteiger partial charge in [0, 0.05) is 20.0 Å². The Labute approximate surface area is 249 Å². The van der Waals surface area contributed by atoms with Gasteiger partial charge in [0.05, 0.1) is 37.2 Å². The zero-order chi connectivity index (χ0) is 31.6. The Balaban J connectivity index is 1.42. The van der Waals surface area contributed by atoms with Gasteiger partial charge in [-0.25, -0.2) is 18.6 Å². The molecule has 0 radical (unpaired) electrons. The second-order valence-electron chi connectivity index (χ2n) is 11.2. The number of nitriles is 1.